The van der Waals surface area contributed by atoms with Crippen molar-refractivity contribution in [2.45, 2.75) is 52.4 Å². The van der Waals surface area contributed by atoms with E-state index in [1.54, 1.807) is 74.0 Å². The number of nitrogens with zero attached hydrogens (tertiary/aromatic N) is 2. The zero-order valence-electron chi connectivity index (χ0n) is 22.5. The zero-order chi connectivity index (χ0) is 28.6. The lowest BCUT2D eigenvalue weighted by atomic mass is 9.96. The Morgan fingerprint density at radius 3 is 2.33 bits per heavy atom. The number of aromatic hydroxyl groups is 1. The number of phenols is 1. The van der Waals surface area contributed by atoms with Gasteiger partial charge in [0.2, 0.25) is 0 Å². The number of ketones is 1. The molecule has 39 heavy (non-hydrogen) atoms. The topological polar surface area (TPSA) is 111 Å². The third-order valence-electron chi connectivity index (χ3n) is 6.41. The van der Waals surface area contributed by atoms with Crippen molar-refractivity contribution in [1.82, 2.24) is 9.13 Å². The number of halogens is 1. The van der Waals surface area contributed by atoms with Crippen molar-refractivity contribution < 1.29 is 24.5 Å². The van der Waals surface area contributed by atoms with Crippen molar-refractivity contribution >= 4 is 34.3 Å². The minimum Gasteiger partial charge on any atom is -0.508 e. The summed E-state index contributed by atoms with van der Waals surface area (Å²) in [4.78, 5) is 39.2. The maximum Gasteiger partial charge on any atom is 0.339 e. The van der Waals surface area contributed by atoms with Crippen molar-refractivity contribution in [2.75, 3.05) is 0 Å². The van der Waals surface area contributed by atoms with Crippen LogP contribution in [0.4, 0.5) is 0 Å². The van der Waals surface area contributed by atoms with Crippen molar-refractivity contribution in [3.63, 3.8) is 0 Å². The van der Waals surface area contributed by atoms with Crippen molar-refractivity contribution in [1.29, 1.82) is 0 Å². The first-order valence-electron chi connectivity index (χ1n) is 12.5. The number of phenolic OH excluding ortho intramolecular Hbond substituents is 1. The van der Waals surface area contributed by atoms with Crippen molar-refractivity contribution in [3.05, 3.63) is 86.9 Å². The summed E-state index contributed by atoms with van der Waals surface area (Å²) in [6, 6.07) is 13.7. The van der Waals surface area contributed by atoms with Crippen LogP contribution in [0.2, 0.25) is 5.02 Å². The van der Waals surface area contributed by atoms with E-state index in [1.807, 2.05) is 13.0 Å². The first-order valence-corrected chi connectivity index (χ1v) is 12.8. The molecule has 2 N–H and O–H groups in total. The number of pyridine rings is 1. The molecule has 9 heteroatoms. The van der Waals surface area contributed by atoms with Crippen LogP contribution >= 0.6 is 11.6 Å². The highest BCUT2D eigenvalue weighted by molar-refractivity contribution is 6.30. The lowest BCUT2D eigenvalue weighted by Gasteiger charge is -2.28. The Morgan fingerprint density at radius 2 is 1.74 bits per heavy atom. The van der Waals surface area contributed by atoms with E-state index >= 15 is 0 Å². The van der Waals surface area contributed by atoms with Crippen LogP contribution in [0.1, 0.15) is 43.7 Å². The summed E-state index contributed by atoms with van der Waals surface area (Å²) in [5, 5.41) is 21.4. The van der Waals surface area contributed by atoms with Gasteiger partial charge in [-0.15, -0.1) is 0 Å². The fourth-order valence-corrected chi connectivity index (χ4v) is 4.83. The highest BCUT2D eigenvalue weighted by Crippen LogP contribution is 2.37. The molecule has 0 aliphatic carbocycles. The number of aryl methyl sites for hydroxylation is 1. The van der Waals surface area contributed by atoms with Gasteiger partial charge in [-0.25, -0.2) is 4.79 Å². The number of hydrogen-bond acceptors (Lipinski definition) is 5. The zero-order valence-corrected chi connectivity index (χ0v) is 23.2. The van der Waals surface area contributed by atoms with E-state index in [-0.39, 0.29) is 35.7 Å². The normalized spacial score (nSPS) is 12.6. The van der Waals surface area contributed by atoms with Crippen LogP contribution in [-0.4, -0.2) is 36.7 Å². The molecule has 2 aromatic heterocycles. The summed E-state index contributed by atoms with van der Waals surface area (Å²) in [6.45, 7) is 6.98. The standard InChI is InChI=1S/C30H31ClN2O6/c1-17-6-7-19(23(35)14-17)15-21(34)16-33-13-12-22-24(18-8-10-20(31)11-9-18)26(32(5)28(36)25(22)33)27(29(37)38)39-30(2,3)4/h6-14,27,35H,15-16H2,1-5H3,(H,37,38). The van der Waals surface area contributed by atoms with Crippen LogP contribution in [0, 0.1) is 6.92 Å². The number of ether oxygens (including phenoxy) is 1. The van der Waals surface area contributed by atoms with Gasteiger partial charge in [0.25, 0.3) is 5.56 Å². The summed E-state index contributed by atoms with van der Waals surface area (Å²) < 4.78 is 8.79. The molecule has 204 valence electrons. The molecule has 1 unspecified atom stereocenters. The first kappa shape index (κ1) is 28.1. The van der Waals surface area contributed by atoms with Crippen LogP contribution < -0.4 is 5.56 Å². The number of benzene rings is 2. The van der Waals surface area contributed by atoms with E-state index in [1.165, 1.54) is 11.6 Å². The molecule has 4 rings (SSSR count). The van der Waals surface area contributed by atoms with Gasteiger partial charge in [0.1, 0.15) is 11.3 Å². The Bertz CT molecular complexity index is 1630. The SMILES string of the molecule is Cc1ccc(CC(=O)Cn2ccc3c(-c4ccc(Cl)cc4)c(C(OC(C)(C)C)C(=O)O)n(C)c(=O)c32)c(O)c1. The lowest BCUT2D eigenvalue weighted by molar-refractivity contribution is -0.161. The molecule has 0 aliphatic rings. The summed E-state index contributed by atoms with van der Waals surface area (Å²) >= 11 is 6.13. The number of carbonyl (C=O) groups excluding carboxylic acids is 1. The fraction of sp³-hybridized carbons (Fsp3) is 0.300. The van der Waals surface area contributed by atoms with Crippen LogP contribution in [0.3, 0.4) is 0 Å². The molecule has 8 nitrogen and oxygen atoms in total. The van der Waals surface area contributed by atoms with Gasteiger partial charge in [-0.3, -0.25) is 9.59 Å². The molecule has 0 radical (unpaired) electrons. The first-order chi connectivity index (χ1) is 18.3. The van der Waals surface area contributed by atoms with E-state index in [2.05, 4.69) is 0 Å². The molecule has 4 aromatic rings. The summed E-state index contributed by atoms with van der Waals surface area (Å²) in [5.74, 6) is -1.39. The number of aromatic nitrogens is 2. The predicted octanol–water partition coefficient (Wildman–Crippen LogP) is 5.43. The van der Waals surface area contributed by atoms with Gasteiger partial charge in [0.15, 0.2) is 11.9 Å². The molecular weight excluding hydrogens is 520 g/mol. The van der Waals surface area contributed by atoms with Crippen LogP contribution in [0.15, 0.2) is 59.5 Å². The second-order valence-electron chi connectivity index (χ2n) is 10.6. The Labute approximate surface area is 231 Å². The molecule has 0 fully saturated rings. The smallest absolute Gasteiger partial charge is 0.339 e. The molecule has 1 atom stereocenters. The number of rotatable bonds is 8. The molecule has 0 saturated carbocycles. The number of carbonyl (C=O) groups is 2. The Morgan fingerprint density at radius 1 is 1.08 bits per heavy atom. The second-order valence-corrected chi connectivity index (χ2v) is 11.1. The Kier molecular flexibility index (Phi) is 7.73. The molecule has 0 spiro atoms. The van der Waals surface area contributed by atoms with Crippen LogP contribution in [-0.2, 0) is 34.3 Å². The van der Waals surface area contributed by atoms with Gasteiger partial charge in [0, 0.05) is 41.2 Å². The molecule has 0 amide bonds. The molecule has 0 bridgehead atoms. The van der Waals surface area contributed by atoms with Crippen LogP contribution in [0.25, 0.3) is 22.0 Å². The van der Waals surface area contributed by atoms with Gasteiger partial charge in [0.05, 0.1) is 17.8 Å². The monoisotopic (exact) mass is 550 g/mol. The molecule has 2 aromatic carbocycles. The van der Waals surface area contributed by atoms with E-state index in [9.17, 15) is 24.6 Å². The van der Waals surface area contributed by atoms with Gasteiger partial charge < -0.3 is 24.1 Å². The lowest BCUT2D eigenvalue weighted by Crippen LogP contribution is -2.33. The minimum absolute atomic E-state index is 0.00522. The number of carboxylic acids is 1. The summed E-state index contributed by atoms with van der Waals surface area (Å²) in [6.07, 6.45) is 0.198. The molecule has 0 aliphatic heterocycles. The second kappa shape index (κ2) is 10.7. The highest BCUT2D eigenvalue weighted by Gasteiger charge is 2.33. The summed E-state index contributed by atoms with van der Waals surface area (Å²) in [7, 11) is 1.50. The predicted molar refractivity (Wildman–Crippen MR) is 150 cm³/mol. The van der Waals surface area contributed by atoms with Crippen LogP contribution in [0.5, 0.6) is 5.75 Å². The summed E-state index contributed by atoms with van der Waals surface area (Å²) in [5.41, 5.74) is 1.70. The van der Waals surface area contributed by atoms with Crippen molar-refractivity contribution in [3.8, 4) is 16.9 Å². The molecule has 0 saturated heterocycles. The molecule has 2 heterocycles. The average Bonchev–Trinajstić information content (AvgIpc) is 3.25. The van der Waals surface area contributed by atoms with Crippen molar-refractivity contribution in [2.24, 2.45) is 7.05 Å². The van der Waals surface area contributed by atoms with Gasteiger partial charge in [-0.1, -0.05) is 35.9 Å². The van der Waals surface area contributed by atoms with E-state index in [0.29, 0.717) is 27.1 Å². The average molecular weight is 551 g/mol. The quantitative estimate of drug-likeness (QED) is 0.303. The fourth-order valence-electron chi connectivity index (χ4n) is 4.70. The Balaban J connectivity index is 1.89. The maximum atomic E-state index is 13.7. The van der Waals surface area contributed by atoms with E-state index in [0.717, 1.165) is 5.56 Å². The third kappa shape index (κ3) is 5.92. The van der Waals surface area contributed by atoms with E-state index < -0.39 is 23.2 Å². The largest absolute Gasteiger partial charge is 0.508 e. The molecular formula is C30H31ClN2O6. The van der Waals surface area contributed by atoms with Gasteiger partial charge in [-0.05, 0) is 63.1 Å². The minimum atomic E-state index is -1.44. The number of fused-ring (bicyclic) bond motifs is 1. The van der Waals surface area contributed by atoms with Gasteiger partial charge >= 0.3 is 5.97 Å². The van der Waals surface area contributed by atoms with E-state index in [4.69, 9.17) is 16.3 Å². The highest BCUT2D eigenvalue weighted by atomic mass is 35.5. The van der Waals surface area contributed by atoms with Gasteiger partial charge in [-0.2, -0.15) is 0 Å². The maximum absolute atomic E-state index is 13.7. The number of aliphatic carboxylic acids is 1. The number of Topliss-reactive ketones (excluding diaryl/α,β-unsaturated/α-hetero) is 1. The number of carboxylic acid groups (broad SMARTS) is 1. The third-order valence-corrected chi connectivity index (χ3v) is 6.66. The number of hydrogen-bond donors (Lipinski definition) is 2. The Hall–Kier alpha value is -3.88.